The standard InChI is InChI=1S/C14H17N3OS/c1-3-12(14-16-6-7-19-14)17-13(18)10-5-4-9(2)11(15)8-10/h4-8,12H,3,15H2,1-2H3,(H,17,18). The quantitative estimate of drug-likeness (QED) is 0.843. The number of thiazole rings is 1. The second kappa shape index (κ2) is 5.84. The summed E-state index contributed by atoms with van der Waals surface area (Å²) in [7, 11) is 0. The van der Waals surface area contributed by atoms with Gasteiger partial charge in [0.25, 0.3) is 5.91 Å². The van der Waals surface area contributed by atoms with Crippen LogP contribution in [0.5, 0.6) is 0 Å². The first-order chi connectivity index (χ1) is 9.11. The minimum absolute atomic E-state index is 0.0463. The van der Waals surface area contributed by atoms with Crippen LogP contribution in [0.1, 0.15) is 40.3 Å². The fraction of sp³-hybridized carbons (Fsp3) is 0.286. The average molecular weight is 275 g/mol. The summed E-state index contributed by atoms with van der Waals surface area (Å²) in [5.74, 6) is -0.117. The van der Waals surface area contributed by atoms with E-state index in [4.69, 9.17) is 5.73 Å². The summed E-state index contributed by atoms with van der Waals surface area (Å²) in [6, 6.07) is 5.30. The van der Waals surface area contributed by atoms with E-state index in [9.17, 15) is 4.79 Å². The fourth-order valence-electron chi connectivity index (χ4n) is 1.77. The van der Waals surface area contributed by atoms with Crippen molar-refractivity contribution >= 4 is 22.9 Å². The van der Waals surface area contributed by atoms with Gasteiger partial charge in [0, 0.05) is 22.8 Å². The van der Waals surface area contributed by atoms with Crippen LogP contribution in [-0.4, -0.2) is 10.9 Å². The third kappa shape index (κ3) is 3.12. The van der Waals surface area contributed by atoms with Gasteiger partial charge in [-0.2, -0.15) is 0 Å². The highest BCUT2D eigenvalue weighted by molar-refractivity contribution is 7.09. The summed E-state index contributed by atoms with van der Waals surface area (Å²) in [6.45, 7) is 3.94. The maximum absolute atomic E-state index is 12.2. The monoisotopic (exact) mass is 275 g/mol. The van der Waals surface area contributed by atoms with Gasteiger partial charge in [-0.1, -0.05) is 13.0 Å². The second-order valence-corrected chi connectivity index (χ2v) is 5.30. The van der Waals surface area contributed by atoms with Gasteiger partial charge in [0.2, 0.25) is 0 Å². The van der Waals surface area contributed by atoms with Gasteiger partial charge in [-0.25, -0.2) is 4.98 Å². The van der Waals surface area contributed by atoms with Crippen LogP contribution < -0.4 is 11.1 Å². The highest BCUT2D eigenvalue weighted by atomic mass is 32.1. The lowest BCUT2D eigenvalue weighted by Gasteiger charge is -2.14. The molecule has 19 heavy (non-hydrogen) atoms. The van der Waals surface area contributed by atoms with E-state index in [1.807, 2.05) is 25.3 Å². The Bertz CT molecular complexity index is 566. The number of aromatic nitrogens is 1. The van der Waals surface area contributed by atoms with Crippen LogP contribution in [0, 0.1) is 6.92 Å². The Hall–Kier alpha value is -1.88. The van der Waals surface area contributed by atoms with Crippen molar-refractivity contribution in [3.05, 3.63) is 45.9 Å². The number of anilines is 1. The van der Waals surface area contributed by atoms with E-state index < -0.39 is 0 Å². The molecule has 0 aliphatic carbocycles. The number of nitrogens with one attached hydrogen (secondary N) is 1. The molecule has 0 saturated heterocycles. The minimum atomic E-state index is -0.117. The molecule has 0 saturated carbocycles. The summed E-state index contributed by atoms with van der Waals surface area (Å²) in [4.78, 5) is 16.4. The fourth-order valence-corrected chi connectivity index (χ4v) is 2.54. The molecule has 1 amide bonds. The Labute approximate surface area is 116 Å². The number of nitrogens with zero attached hydrogens (tertiary/aromatic N) is 1. The van der Waals surface area contributed by atoms with E-state index in [0.717, 1.165) is 17.0 Å². The van der Waals surface area contributed by atoms with Crippen molar-refractivity contribution in [1.82, 2.24) is 10.3 Å². The van der Waals surface area contributed by atoms with Gasteiger partial charge < -0.3 is 11.1 Å². The van der Waals surface area contributed by atoms with Crippen LogP contribution in [0.15, 0.2) is 29.8 Å². The van der Waals surface area contributed by atoms with Crippen LogP contribution >= 0.6 is 11.3 Å². The molecule has 0 fully saturated rings. The average Bonchev–Trinajstić information content (AvgIpc) is 2.92. The van der Waals surface area contributed by atoms with Crippen molar-refractivity contribution in [3.8, 4) is 0 Å². The molecule has 1 atom stereocenters. The van der Waals surface area contributed by atoms with Gasteiger partial charge in [-0.3, -0.25) is 4.79 Å². The summed E-state index contributed by atoms with van der Waals surface area (Å²) in [5, 5.41) is 5.82. The molecular formula is C14H17N3OS. The number of carbonyl (C=O) groups is 1. The van der Waals surface area contributed by atoms with Crippen molar-refractivity contribution < 1.29 is 4.79 Å². The number of amides is 1. The first kappa shape index (κ1) is 13.5. The van der Waals surface area contributed by atoms with Gasteiger partial charge in [-0.05, 0) is 31.0 Å². The lowest BCUT2D eigenvalue weighted by Crippen LogP contribution is -2.28. The number of hydrogen-bond acceptors (Lipinski definition) is 4. The molecule has 0 radical (unpaired) electrons. The first-order valence-electron chi connectivity index (χ1n) is 6.18. The first-order valence-corrected chi connectivity index (χ1v) is 7.06. The number of carbonyl (C=O) groups excluding carboxylic acids is 1. The molecule has 3 N–H and O–H groups in total. The predicted octanol–water partition coefficient (Wildman–Crippen LogP) is 2.91. The Kier molecular flexibility index (Phi) is 4.16. The van der Waals surface area contributed by atoms with Gasteiger partial charge >= 0.3 is 0 Å². The molecule has 0 aliphatic heterocycles. The van der Waals surface area contributed by atoms with E-state index in [0.29, 0.717) is 11.3 Å². The zero-order valence-corrected chi connectivity index (χ0v) is 11.8. The molecule has 2 rings (SSSR count). The maximum atomic E-state index is 12.2. The minimum Gasteiger partial charge on any atom is -0.398 e. The number of nitrogens with two attached hydrogens (primary N) is 1. The normalized spacial score (nSPS) is 12.1. The van der Waals surface area contributed by atoms with E-state index >= 15 is 0 Å². The molecule has 0 spiro atoms. The predicted molar refractivity (Wildman–Crippen MR) is 78.2 cm³/mol. The Balaban J connectivity index is 2.13. The molecule has 4 nitrogen and oxygen atoms in total. The zero-order valence-electron chi connectivity index (χ0n) is 11.0. The van der Waals surface area contributed by atoms with Gasteiger partial charge in [0.15, 0.2) is 0 Å². The number of rotatable bonds is 4. The van der Waals surface area contributed by atoms with Crippen molar-refractivity contribution in [2.75, 3.05) is 5.73 Å². The molecule has 1 aromatic carbocycles. The van der Waals surface area contributed by atoms with E-state index in [1.165, 1.54) is 0 Å². The third-order valence-corrected chi connectivity index (χ3v) is 3.89. The number of aryl methyl sites for hydroxylation is 1. The summed E-state index contributed by atoms with van der Waals surface area (Å²) < 4.78 is 0. The highest BCUT2D eigenvalue weighted by Gasteiger charge is 2.16. The van der Waals surface area contributed by atoms with E-state index in [1.54, 1.807) is 29.7 Å². The van der Waals surface area contributed by atoms with Crippen LogP contribution in [0.2, 0.25) is 0 Å². The Morgan fingerprint density at radius 3 is 2.89 bits per heavy atom. The van der Waals surface area contributed by atoms with Crippen LogP contribution in [0.25, 0.3) is 0 Å². The van der Waals surface area contributed by atoms with Crippen molar-refractivity contribution in [2.24, 2.45) is 0 Å². The second-order valence-electron chi connectivity index (χ2n) is 4.38. The van der Waals surface area contributed by atoms with E-state index in [-0.39, 0.29) is 11.9 Å². The SMILES string of the molecule is CCC(NC(=O)c1ccc(C)c(N)c1)c1nccs1. The van der Waals surface area contributed by atoms with Crippen molar-refractivity contribution in [2.45, 2.75) is 26.3 Å². The Morgan fingerprint density at radius 2 is 2.32 bits per heavy atom. The smallest absolute Gasteiger partial charge is 0.251 e. The van der Waals surface area contributed by atoms with Gasteiger partial charge in [-0.15, -0.1) is 11.3 Å². The summed E-state index contributed by atoms with van der Waals surface area (Å²) in [5.41, 5.74) is 8.02. The number of hydrogen-bond donors (Lipinski definition) is 2. The largest absolute Gasteiger partial charge is 0.398 e. The summed E-state index contributed by atoms with van der Waals surface area (Å²) in [6.07, 6.45) is 2.55. The van der Waals surface area contributed by atoms with E-state index in [2.05, 4.69) is 10.3 Å². The molecular weight excluding hydrogens is 258 g/mol. The Morgan fingerprint density at radius 1 is 1.53 bits per heavy atom. The molecule has 0 bridgehead atoms. The molecule has 1 unspecified atom stereocenters. The molecule has 5 heteroatoms. The van der Waals surface area contributed by atoms with Crippen LogP contribution in [0.3, 0.4) is 0 Å². The highest BCUT2D eigenvalue weighted by Crippen LogP contribution is 2.20. The third-order valence-electron chi connectivity index (χ3n) is 3.00. The topological polar surface area (TPSA) is 68.0 Å². The van der Waals surface area contributed by atoms with Crippen LogP contribution in [0.4, 0.5) is 5.69 Å². The molecule has 100 valence electrons. The van der Waals surface area contributed by atoms with Crippen molar-refractivity contribution in [3.63, 3.8) is 0 Å². The molecule has 1 aromatic heterocycles. The lowest BCUT2D eigenvalue weighted by molar-refractivity contribution is 0.0935. The summed E-state index contributed by atoms with van der Waals surface area (Å²) >= 11 is 1.55. The zero-order chi connectivity index (χ0) is 13.8. The van der Waals surface area contributed by atoms with Gasteiger partial charge in [0.05, 0.1) is 6.04 Å². The maximum Gasteiger partial charge on any atom is 0.251 e. The molecule has 2 aromatic rings. The van der Waals surface area contributed by atoms with Crippen molar-refractivity contribution in [1.29, 1.82) is 0 Å². The van der Waals surface area contributed by atoms with Crippen LogP contribution in [-0.2, 0) is 0 Å². The number of nitrogen functional groups attached to an aromatic ring is 1. The molecule has 0 aliphatic rings. The number of benzene rings is 1. The lowest BCUT2D eigenvalue weighted by atomic mass is 10.1. The van der Waals surface area contributed by atoms with Gasteiger partial charge in [0.1, 0.15) is 5.01 Å². The molecule has 1 heterocycles.